The fourth-order valence-electron chi connectivity index (χ4n) is 3.70. The molecule has 138 valence electrons. The SMILES string of the molecule is CCC[CH2][Sn]([CH2]CCC)([CH2]CCC)[CH2]c1cc(OC)cc(OC)c1. The maximum absolute atomic E-state index is 5.50. The van der Waals surface area contributed by atoms with E-state index in [9.17, 15) is 0 Å². The van der Waals surface area contributed by atoms with E-state index < -0.39 is 18.4 Å². The van der Waals surface area contributed by atoms with Gasteiger partial charge in [-0.3, -0.25) is 0 Å². The Kier molecular flexibility index (Phi) is 10.9. The first-order chi connectivity index (χ1) is 11.6. The van der Waals surface area contributed by atoms with Crippen molar-refractivity contribution in [2.24, 2.45) is 0 Å². The first kappa shape index (κ1) is 21.7. The topological polar surface area (TPSA) is 18.5 Å². The molecule has 24 heavy (non-hydrogen) atoms. The Balaban J connectivity index is 3.07. The summed E-state index contributed by atoms with van der Waals surface area (Å²) in [6.45, 7) is 7.01. The third-order valence-electron chi connectivity index (χ3n) is 5.17. The van der Waals surface area contributed by atoms with Gasteiger partial charge in [0.2, 0.25) is 0 Å². The monoisotopic (exact) mass is 442 g/mol. The van der Waals surface area contributed by atoms with Crippen molar-refractivity contribution in [1.29, 1.82) is 0 Å². The third kappa shape index (κ3) is 7.24. The summed E-state index contributed by atoms with van der Waals surface area (Å²) in [4.78, 5) is 0. The van der Waals surface area contributed by atoms with Gasteiger partial charge in [-0.2, -0.15) is 0 Å². The molecule has 3 heteroatoms. The molecule has 0 fully saturated rings. The molecule has 0 aliphatic carbocycles. The van der Waals surface area contributed by atoms with Gasteiger partial charge >= 0.3 is 154 Å². The molecule has 2 nitrogen and oxygen atoms in total. The molecule has 0 heterocycles. The molecule has 1 rings (SSSR count). The average Bonchev–Trinajstić information content (AvgIpc) is 2.62. The number of rotatable bonds is 13. The van der Waals surface area contributed by atoms with Crippen LogP contribution in [-0.4, -0.2) is 32.6 Å². The zero-order valence-corrected chi connectivity index (χ0v) is 19.5. The molecule has 0 aliphatic heterocycles. The second kappa shape index (κ2) is 12.1. The molecular weight excluding hydrogens is 403 g/mol. The van der Waals surface area contributed by atoms with Gasteiger partial charge in [-0.25, -0.2) is 0 Å². The number of ether oxygens (including phenoxy) is 2. The van der Waals surface area contributed by atoms with Crippen molar-refractivity contribution in [1.82, 2.24) is 0 Å². The fraction of sp³-hybridized carbons (Fsp3) is 0.714. The molecule has 0 saturated heterocycles. The summed E-state index contributed by atoms with van der Waals surface area (Å²) in [6, 6.07) is 6.49. The van der Waals surface area contributed by atoms with E-state index >= 15 is 0 Å². The second-order valence-electron chi connectivity index (χ2n) is 7.21. The molecule has 1 aromatic carbocycles. The van der Waals surface area contributed by atoms with Gasteiger partial charge in [-0.1, -0.05) is 0 Å². The van der Waals surface area contributed by atoms with Crippen LogP contribution < -0.4 is 9.47 Å². The molecule has 0 amide bonds. The first-order valence-electron chi connectivity index (χ1n) is 9.85. The predicted molar refractivity (Wildman–Crippen MR) is 108 cm³/mol. The summed E-state index contributed by atoms with van der Waals surface area (Å²) in [7, 11) is 3.50. The maximum atomic E-state index is 5.50. The van der Waals surface area contributed by atoms with Crippen molar-refractivity contribution in [2.45, 2.75) is 77.0 Å². The van der Waals surface area contributed by atoms with Crippen LogP contribution in [0.15, 0.2) is 18.2 Å². The fourth-order valence-corrected chi connectivity index (χ4v) is 19.9. The average molecular weight is 441 g/mol. The van der Waals surface area contributed by atoms with Crippen LogP contribution in [0.4, 0.5) is 0 Å². The van der Waals surface area contributed by atoms with E-state index in [4.69, 9.17) is 9.47 Å². The van der Waals surface area contributed by atoms with E-state index in [1.807, 2.05) is 6.07 Å². The molecule has 0 aromatic heterocycles. The van der Waals surface area contributed by atoms with Crippen LogP contribution in [0.5, 0.6) is 11.5 Å². The van der Waals surface area contributed by atoms with Gasteiger partial charge < -0.3 is 0 Å². The van der Waals surface area contributed by atoms with Gasteiger partial charge in [0.15, 0.2) is 0 Å². The Morgan fingerprint density at radius 1 is 0.708 bits per heavy atom. The molecule has 0 atom stereocenters. The zero-order valence-electron chi connectivity index (χ0n) is 16.6. The molecule has 0 aliphatic rings. The number of methoxy groups -OCH3 is 2. The quantitative estimate of drug-likeness (QED) is 0.320. The molecule has 0 radical (unpaired) electrons. The van der Waals surface area contributed by atoms with Crippen molar-refractivity contribution in [3.63, 3.8) is 0 Å². The van der Waals surface area contributed by atoms with Crippen LogP contribution in [0.2, 0.25) is 13.3 Å². The minimum atomic E-state index is -2.16. The summed E-state index contributed by atoms with van der Waals surface area (Å²) < 4.78 is 17.0. The Labute approximate surface area is 154 Å². The Hall–Kier alpha value is -0.381. The predicted octanol–water partition coefficient (Wildman–Crippen LogP) is 6.63. The minimum absolute atomic E-state index is 0.936. The van der Waals surface area contributed by atoms with Crippen LogP contribution in [0, 0.1) is 0 Å². The Morgan fingerprint density at radius 2 is 1.12 bits per heavy atom. The Morgan fingerprint density at radius 3 is 1.46 bits per heavy atom. The molecule has 0 spiro atoms. The third-order valence-corrected chi connectivity index (χ3v) is 20.6. The second-order valence-corrected chi connectivity index (χ2v) is 21.1. The van der Waals surface area contributed by atoms with E-state index in [2.05, 4.69) is 32.9 Å². The Bertz CT molecular complexity index is 415. The number of unbranched alkanes of at least 4 members (excludes halogenated alkanes) is 3. The van der Waals surface area contributed by atoms with Crippen molar-refractivity contribution < 1.29 is 9.47 Å². The van der Waals surface area contributed by atoms with E-state index in [0.717, 1.165) is 11.5 Å². The van der Waals surface area contributed by atoms with Crippen LogP contribution >= 0.6 is 0 Å². The molecular formula is C21H38O2Sn. The van der Waals surface area contributed by atoms with Gasteiger partial charge in [-0.15, -0.1) is 0 Å². The van der Waals surface area contributed by atoms with Gasteiger partial charge in [0.1, 0.15) is 0 Å². The van der Waals surface area contributed by atoms with E-state index in [1.54, 1.807) is 27.5 Å². The van der Waals surface area contributed by atoms with Crippen LogP contribution in [0.1, 0.15) is 64.9 Å². The van der Waals surface area contributed by atoms with Crippen molar-refractivity contribution >= 4 is 18.4 Å². The van der Waals surface area contributed by atoms with Crippen molar-refractivity contribution in [3.8, 4) is 11.5 Å². The van der Waals surface area contributed by atoms with E-state index in [0.29, 0.717) is 0 Å². The first-order valence-corrected chi connectivity index (χ1v) is 17.9. The van der Waals surface area contributed by atoms with E-state index in [1.165, 1.54) is 48.5 Å². The summed E-state index contributed by atoms with van der Waals surface area (Å²) in [5.41, 5.74) is 1.45. The summed E-state index contributed by atoms with van der Waals surface area (Å²) in [5, 5.41) is 0. The summed E-state index contributed by atoms with van der Waals surface area (Å²) in [5.74, 6) is 1.87. The number of benzene rings is 1. The van der Waals surface area contributed by atoms with Crippen LogP contribution in [-0.2, 0) is 4.44 Å². The summed E-state index contributed by atoms with van der Waals surface area (Å²) >= 11 is -2.16. The number of hydrogen-bond donors (Lipinski definition) is 0. The number of hydrogen-bond acceptors (Lipinski definition) is 2. The molecule has 0 bridgehead atoms. The van der Waals surface area contributed by atoms with Crippen LogP contribution in [0.3, 0.4) is 0 Å². The molecule has 0 saturated carbocycles. The zero-order chi connectivity index (χ0) is 17.8. The van der Waals surface area contributed by atoms with Crippen LogP contribution in [0.25, 0.3) is 0 Å². The standard InChI is InChI=1S/C9H11O2.3C4H9.Sn/c1-7-4-8(10-2)6-9(5-7)11-3;3*1-3-4-2;/h4-6H,1H2,2-3H3;3*1,3-4H2,2H3;. The molecule has 0 N–H and O–H groups in total. The molecule has 0 unspecified atom stereocenters. The normalized spacial score (nSPS) is 11.5. The van der Waals surface area contributed by atoms with Crippen molar-refractivity contribution in [2.75, 3.05) is 14.2 Å². The van der Waals surface area contributed by atoms with Gasteiger partial charge in [-0.05, 0) is 0 Å². The van der Waals surface area contributed by atoms with Crippen molar-refractivity contribution in [3.05, 3.63) is 23.8 Å². The van der Waals surface area contributed by atoms with E-state index in [-0.39, 0.29) is 0 Å². The van der Waals surface area contributed by atoms with Gasteiger partial charge in [0, 0.05) is 0 Å². The van der Waals surface area contributed by atoms with Gasteiger partial charge in [0.25, 0.3) is 0 Å². The van der Waals surface area contributed by atoms with Gasteiger partial charge in [0.05, 0.1) is 0 Å². The molecule has 1 aromatic rings. The summed E-state index contributed by atoms with van der Waals surface area (Å²) in [6.07, 6.45) is 8.26.